The highest BCUT2D eigenvalue weighted by Gasteiger charge is 2.16. The highest BCUT2D eigenvalue weighted by Crippen LogP contribution is 2.43. The number of aromatic nitrogens is 4. The molecule has 14 rings (SSSR count). The van der Waals surface area contributed by atoms with Gasteiger partial charge >= 0.3 is 0 Å². The van der Waals surface area contributed by atoms with E-state index < -0.39 is 0 Å². The summed E-state index contributed by atoms with van der Waals surface area (Å²) in [5, 5.41) is 13.1. The average molecular weight is 961 g/mol. The van der Waals surface area contributed by atoms with Gasteiger partial charge in [-0.05, 0) is 166 Å². The summed E-state index contributed by atoms with van der Waals surface area (Å²) < 4.78 is 0. The topological polar surface area (TPSA) is 51.6 Å². The van der Waals surface area contributed by atoms with E-state index in [2.05, 4.69) is 204 Å². The smallest absolute Gasteiger partial charge is 0.0701 e. The summed E-state index contributed by atoms with van der Waals surface area (Å²) >= 11 is 0. The first-order valence-electron chi connectivity index (χ1n) is 25.5. The number of benzene rings is 10. The molecule has 0 radical (unpaired) electrons. The molecule has 0 fully saturated rings. The zero-order valence-electron chi connectivity index (χ0n) is 42.1. The van der Waals surface area contributed by atoms with Crippen molar-refractivity contribution < 1.29 is 0 Å². The van der Waals surface area contributed by atoms with Crippen molar-refractivity contribution in [1.82, 2.24) is 19.9 Å². The van der Waals surface area contributed by atoms with Crippen molar-refractivity contribution in [2.75, 3.05) is 0 Å². The van der Waals surface area contributed by atoms with Crippen LogP contribution in [0.5, 0.6) is 0 Å². The Morgan fingerprint density at radius 1 is 0.253 bits per heavy atom. The third kappa shape index (κ3) is 9.15. The SMILES string of the molecule is Cc1ccc2ccc3c(-c4cccnc4)ccc(C)c3c2c1C.c1ccc(-c2ccccn2)cc1.c1cncc(-c2ccc(-c3ccc(-c4ccc5ccc6c(-c7cccnc7)ccc7ccc4c5c76)cc3)cc2)c1. The molecule has 0 spiro atoms. The molecule has 0 N–H and O–H groups in total. The molecule has 0 amide bonds. The van der Waals surface area contributed by atoms with Gasteiger partial charge in [-0.25, -0.2) is 0 Å². The van der Waals surface area contributed by atoms with E-state index in [-0.39, 0.29) is 0 Å². The molecule has 4 heterocycles. The molecule has 0 aliphatic carbocycles. The van der Waals surface area contributed by atoms with E-state index in [1.165, 1.54) is 115 Å². The van der Waals surface area contributed by atoms with Crippen LogP contribution < -0.4 is 0 Å². The van der Waals surface area contributed by atoms with Gasteiger partial charge in [-0.2, -0.15) is 0 Å². The van der Waals surface area contributed by atoms with Crippen LogP contribution >= 0.6 is 0 Å². The van der Waals surface area contributed by atoms with Crippen LogP contribution in [-0.2, 0) is 0 Å². The maximum atomic E-state index is 4.37. The lowest BCUT2D eigenvalue weighted by atomic mass is 9.87. The van der Waals surface area contributed by atoms with Crippen LogP contribution in [0.2, 0.25) is 0 Å². The minimum atomic E-state index is 1.03. The Kier molecular flexibility index (Phi) is 12.7. The van der Waals surface area contributed by atoms with Gasteiger partial charge in [0, 0.05) is 60.1 Å². The van der Waals surface area contributed by atoms with Crippen LogP contribution in [-0.4, -0.2) is 19.9 Å². The summed E-state index contributed by atoms with van der Waals surface area (Å²) in [6.07, 6.45) is 13.1. The lowest BCUT2D eigenvalue weighted by Gasteiger charge is -2.16. The quantitative estimate of drug-likeness (QED) is 0.156. The fourth-order valence-corrected chi connectivity index (χ4v) is 10.7. The van der Waals surface area contributed by atoms with Gasteiger partial charge in [-0.3, -0.25) is 19.9 Å². The predicted octanol–water partition coefficient (Wildman–Crippen LogP) is 18.8. The highest BCUT2D eigenvalue weighted by molar-refractivity contribution is 6.27. The lowest BCUT2D eigenvalue weighted by molar-refractivity contribution is 1.33. The minimum Gasteiger partial charge on any atom is -0.264 e. The van der Waals surface area contributed by atoms with Crippen LogP contribution in [0, 0.1) is 20.8 Å². The van der Waals surface area contributed by atoms with Crippen molar-refractivity contribution in [3.8, 4) is 66.9 Å². The molecule has 10 aromatic carbocycles. The zero-order valence-corrected chi connectivity index (χ0v) is 42.1. The number of pyridine rings is 4. The van der Waals surface area contributed by atoms with E-state index >= 15 is 0 Å². The molecule has 75 heavy (non-hydrogen) atoms. The molecule has 0 bridgehead atoms. The monoisotopic (exact) mass is 960 g/mol. The maximum Gasteiger partial charge on any atom is 0.0701 e. The molecule has 14 aromatic rings. The molecule has 0 aliphatic heterocycles. The summed E-state index contributed by atoms with van der Waals surface area (Å²) in [6, 6.07) is 77.5. The maximum absolute atomic E-state index is 4.37. The Morgan fingerprint density at radius 3 is 1.19 bits per heavy atom. The standard InChI is InChI=1S/C38H24N2.C22H19N.C11H9N/c1-3-31(23-39-21-1)27-7-5-25(6-8-27)26-9-11-28(12-10-26)33-17-13-29-16-20-36-34(32-4-2-22-40-24-32)18-14-30-15-19-35(33)37(29)38(30)36;1-14-6-8-17-9-11-20-19(18-5-4-12-23-13-18)10-7-15(2)21(20)22(17)16(14)3;1-2-6-10(7-3-1)11-8-4-5-9-12-11/h1-24H;4-13H,1-3H3;1-9H. The molecular weight excluding hydrogens is 909 g/mol. The Morgan fingerprint density at radius 2 is 0.667 bits per heavy atom. The molecule has 0 unspecified atom stereocenters. The first kappa shape index (κ1) is 46.4. The molecule has 0 aliphatic rings. The second-order valence-electron chi connectivity index (χ2n) is 19.1. The van der Waals surface area contributed by atoms with Crippen molar-refractivity contribution in [2.24, 2.45) is 0 Å². The largest absolute Gasteiger partial charge is 0.264 e. The van der Waals surface area contributed by atoms with Gasteiger partial charge in [0.25, 0.3) is 0 Å². The van der Waals surface area contributed by atoms with Gasteiger partial charge in [0.2, 0.25) is 0 Å². The Hall–Kier alpha value is -9.64. The molecule has 356 valence electrons. The van der Waals surface area contributed by atoms with E-state index in [9.17, 15) is 0 Å². The second-order valence-corrected chi connectivity index (χ2v) is 19.1. The van der Waals surface area contributed by atoms with Gasteiger partial charge in [-0.15, -0.1) is 0 Å². The van der Waals surface area contributed by atoms with Gasteiger partial charge in [0.1, 0.15) is 0 Å². The van der Waals surface area contributed by atoms with Crippen LogP contribution in [0.1, 0.15) is 16.7 Å². The lowest BCUT2D eigenvalue weighted by Crippen LogP contribution is -1.90. The third-order valence-corrected chi connectivity index (χ3v) is 14.7. The Balaban J connectivity index is 0.000000136. The number of rotatable bonds is 6. The molecule has 4 aromatic heterocycles. The van der Waals surface area contributed by atoms with Crippen LogP contribution in [0.25, 0.3) is 121 Å². The van der Waals surface area contributed by atoms with Crippen LogP contribution in [0.4, 0.5) is 0 Å². The van der Waals surface area contributed by atoms with Crippen molar-refractivity contribution in [3.05, 3.63) is 278 Å². The van der Waals surface area contributed by atoms with Crippen molar-refractivity contribution in [2.45, 2.75) is 20.8 Å². The molecule has 0 saturated heterocycles. The minimum absolute atomic E-state index is 1.03. The number of hydrogen-bond donors (Lipinski definition) is 0. The summed E-state index contributed by atoms with van der Waals surface area (Å²) in [4.78, 5) is 17.1. The van der Waals surface area contributed by atoms with Crippen LogP contribution in [0.15, 0.2) is 262 Å². The summed E-state index contributed by atoms with van der Waals surface area (Å²) in [6.45, 7) is 6.62. The molecule has 0 atom stereocenters. The second kappa shape index (κ2) is 20.5. The van der Waals surface area contributed by atoms with E-state index in [4.69, 9.17) is 0 Å². The van der Waals surface area contributed by atoms with Gasteiger partial charge < -0.3 is 0 Å². The molecule has 4 nitrogen and oxygen atoms in total. The fourth-order valence-electron chi connectivity index (χ4n) is 10.7. The summed E-state index contributed by atoms with van der Waals surface area (Å²) in [5.41, 5.74) is 18.2. The number of fused-ring (bicyclic) bond motifs is 3. The van der Waals surface area contributed by atoms with E-state index in [0.29, 0.717) is 0 Å². The van der Waals surface area contributed by atoms with Gasteiger partial charge in [0.15, 0.2) is 0 Å². The third-order valence-electron chi connectivity index (χ3n) is 14.7. The van der Waals surface area contributed by atoms with Crippen molar-refractivity contribution in [1.29, 1.82) is 0 Å². The first-order valence-corrected chi connectivity index (χ1v) is 25.5. The normalized spacial score (nSPS) is 11.1. The summed E-state index contributed by atoms with van der Waals surface area (Å²) in [7, 11) is 0. The van der Waals surface area contributed by atoms with E-state index in [0.717, 1.165) is 22.4 Å². The molecule has 0 saturated carbocycles. The fraction of sp³-hybridized carbons (Fsp3) is 0.0423. The van der Waals surface area contributed by atoms with Crippen LogP contribution in [0.3, 0.4) is 0 Å². The average Bonchev–Trinajstić information content (AvgIpc) is 3.50. The van der Waals surface area contributed by atoms with Gasteiger partial charge in [-0.1, -0.05) is 188 Å². The first-order chi connectivity index (χ1) is 37.0. The van der Waals surface area contributed by atoms with E-state index in [1.807, 2.05) is 91.8 Å². The Labute approximate surface area is 437 Å². The molecule has 4 heteroatoms. The molecular formula is C71H52N4. The van der Waals surface area contributed by atoms with E-state index in [1.54, 1.807) is 6.20 Å². The number of hydrogen-bond acceptors (Lipinski definition) is 4. The number of aryl methyl sites for hydroxylation is 3. The Bertz CT molecular complexity index is 4220. The van der Waals surface area contributed by atoms with Gasteiger partial charge in [0.05, 0.1) is 5.69 Å². The summed E-state index contributed by atoms with van der Waals surface area (Å²) in [5.74, 6) is 0. The van der Waals surface area contributed by atoms with Crippen molar-refractivity contribution >= 4 is 53.9 Å². The number of nitrogens with zero attached hydrogens (tertiary/aromatic N) is 4. The predicted molar refractivity (Wildman–Crippen MR) is 316 cm³/mol. The van der Waals surface area contributed by atoms with Crippen molar-refractivity contribution in [3.63, 3.8) is 0 Å². The highest BCUT2D eigenvalue weighted by atomic mass is 14.7. The zero-order chi connectivity index (χ0) is 50.7.